The van der Waals surface area contributed by atoms with Crippen LogP contribution in [-0.4, -0.2) is 4.98 Å². The average molecular weight is 523 g/mol. The zero-order valence-electron chi connectivity index (χ0n) is 22.4. The van der Waals surface area contributed by atoms with E-state index < -0.39 is 0 Å². The number of rotatable bonds is 4. The molecule has 2 nitrogen and oxygen atoms in total. The Bertz CT molecular complexity index is 1970. The second-order valence-corrected chi connectivity index (χ2v) is 10.5. The maximum atomic E-state index is 4.59. The van der Waals surface area contributed by atoms with E-state index in [-0.39, 0.29) is 0 Å². The number of aromatic nitrogens is 1. The van der Waals surface area contributed by atoms with E-state index in [9.17, 15) is 0 Å². The van der Waals surface area contributed by atoms with Gasteiger partial charge in [0.2, 0.25) is 0 Å². The molecule has 0 saturated carbocycles. The summed E-state index contributed by atoms with van der Waals surface area (Å²) in [6.45, 7) is 0. The van der Waals surface area contributed by atoms with Crippen molar-refractivity contribution in [3.63, 3.8) is 0 Å². The largest absolute Gasteiger partial charge is 0.309 e. The molecular weight excluding hydrogens is 496 g/mol. The van der Waals surface area contributed by atoms with Crippen molar-refractivity contribution in [3.8, 4) is 44.5 Å². The molecule has 0 unspecified atom stereocenters. The van der Waals surface area contributed by atoms with Crippen LogP contribution in [0.2, 0.25) is 0 Å². The van der Waals surface area contributed by atoms with Crippen LogP contribution in [0.4, 0.5) is 17.1 Å². The van der Waals surface area contributed by atoms with Crippen LogP contribution in [-0.2, 0) is 0 Å². The summed E-state index contributed by atoms with van der Waals surface area (Å²) in [6.07, 6.45) is 3.91. The topological polar surface area (TPSA) is 16.1 Å². The van der Waals surface area contributed by atoms with Crippen LogP contribution in [0, 0.1) is 0 Å². The Kier molecular flexibility index (Phi) is 5.49. The van der Waals surface area contributed by atoms with Crippen molar-refractivity contribution in [2.24, 2.45) is 0 Å². The highest BCUT2D eigenvalue weighted by Gasteiger charge is 2.27. The van der Waals surface area contributed by atoms with E-state index in [1.165, 1.54) is 55.4 Å². The monoisotopic (exact) mass is 522 g/mol. The second kappa shape index (κ2) is 9.62. The fourth-order valence-electron chi connectivity index (χ4n) is 6.14. The standard InChI is InChI=1S/C39H26N2/c1-4-11-27(12-5-1)31-22-32(28-13-6-2-7-14-28)24-34(23-31)41-37-19-20-40-26-36(37)35-25-33(29-15-8-3-9-16-29)21-30-17-10-18-38(41)39(30)35/h1-26H. The average Bonchev–Trinajstić information content (AvgIpc) is 3.06. The van der Waals surface area contributed by atoms with Gasteiger partial charge in [-0.05, 0) is 86.8 Å². The highest BCUT2D eigenvalue weighted by Crippen LogP contribution is 2.52. The minimum absolute atomic E-state index is 1.13. The van der Waals surface area contributed by atoms with Gasteiger partial charge < -0.3 is 4.90 Å². The number of anilines is 3. The van der Waals surface area contributed by atoms with Gasteiger partial charge >= 0.3 is 0 Å². The van der Waals surface area contributed by atoms with Gasteiger partial charge in [0.05, 0.1) is 11.4 Å². The Morgan fingerprint density at radius 1 is 0.415 bits per heavy atom. The molecule has 0 radical (unpaired) electrons. The minimum atomic E-state index is 1.13. The summed E-state index contributed by atoms with van der Waals surface area (Å²) in [6, 6.07) is 52.3. The van der Waals surface area contributed by atoms with Crippen molar-refractivity contribution in [3.05, 3.63) is 158 Å². The van der Waals surface area contributed by atoms with E-state index in [2.05, 4.69) is 155 Å². The summed E-state index contributed by atoms with van der Waals surface area (Å²) in [5.41, 5.74) is 13.0. The van der Waals surface area contributed by atoms with Gasteiger partial charge in [0, 0.05) is 29.0 Å². The molecule has 1 aromatic heterocycles. The van der Waals surface area contributed by atoms with Crippen LogP contribution in [0.15, 0.2) is 158 Å². The van der Waals surface area contributed by atoms with Crippen LogP contribution in [0.25, 0.3) is 55.3 Å². The lowest BCUT2D eigenvalue weighted by molar-refractivity contribution is 1.24. The Morgan fingerprint density at radius 2 is 1.00 bits per heavy atom. The quantitative estimate of drug-likeness (QED) is 0.228. The van der Waals surface area contributed by atoms with E-state index in [0.717, 1.165) is 16.9 Å². The Balaban J connectivity index is 1.41. The predicted molar refractivity (Wildman–Crippen MR) is 172 cm³/mol. The van der Waals surface area contributed by atoms with Crippen LogP contribution in [0.1, 0.15) is 0 Å². The van der Waals surface area contributed by atoms with E-state index in [4.69, 9.17) is 0 Å². The summed E-state index contributed by atoms with van der Waals surface area (Å²) in [7, 11) is 0. The number of hydrogen-bond acceptors (Lipinski definition) is 2. The third-order valence-corrected chi connectivity index (χ3v) is 8.02. The van der Waals surface area contributed by atoms with Crippen molar-refractivity contribution in [2.75, 3.05) is 4.90 Å². The molecule has 0 N–H and O–H groups in total. The zero-order chi connectivity index (χ0) is 27.2. The van der Waals surface area contributed by atoms with Gasteiger partial charge in [0.1, 0.15) is 0 Å². The molecule has 1 aliphatic rings. The maximum Gasteiger partial charge on any atom is 0.0571 e. The van der Waals surface area contributed by atoms with Crippen LogP contribution < -0.4 is 4.90 Å². The molecule has 8 rings (SSSR count). The fourth-order valence-corrected chi connectivity index (χ4v) is 6.14. The first kappa shape index (κ1) is 23.4. The molecule has 0 bridgehead atoms. The molecule has 7 aromatic rings. The van der Waals surface area contributed by atoms with Gasteiger partial charge in [-0.3, -0.25) is 4.98 Å². The molecule has 2 heteroatoms. The maximum absolute atomic E-state index is 4.59. The van der Waals surface area contributed by atoms with Gasteiger partial charge in [-0.15, -0.1) is 0 Å². The number of hydrogen-bond donors (Lipinski definition) is 0. The van der Waals surface area contributed by atoms with Crippen LogP contribution in [0.3, 0.4) is 0 Å². The summed E-state index contributed by atoms with van der Waals surface area (Å²) in [5, 5.41) is 2.47. The summed E-state index contributed by atoms with van der Waals surface area (Å²) < 4.78 is 0. The number of fused-ring (bicyclic) bond motifs is 2. The van der Waals surface area contributed by atoms with Gasteiger partial charge in [0.15, 0.2) is 0 Å². The molecule has 0 saturated heterocycles. The molecule has 6 aromatic carbocycles. The highest BCUT2D eigenvalue weighted by atomic mass is 15.2. The molecule has 0 amide bonds. The van der Waals surface area contributed by atoms with Crippen LogP contribution in [0.5, 0.6) is 0 Å². The lowest BCUT2D eigenvalue weighted by atomic mass is 9.88. The zero-order valence-corrected chi connectivity index (χ0v) is 22.4. The molecule has 0 fully saturated rings. The first-order chi connectivity index (χ1) is 20.3. The molecule has 41 heavy (non-hydrogen) atoms. The summed E-state index contributed by atoms with van der Waals surface area (Å²) in [5.74, 6) is 0. The lowest BCUT2D eigenvalue weighted by Gasteiger charge is -2.34. The third-order valence-electron chi connectivity index (χ3n) is 8.02. The lowest BCUT2D eigenvalue weighted by Crippen LogP contribution is -2.15. The smallest absolute Gasteiger partial charge is 0.0571 e. The molecule has 0 aliphatic carbocycles. The van der Waals surface area contributed by atoms with Crippen molar-refractivity contribution >= 4 is 27.8 Å². The second-order valence-electron chi connectivity index (χ2n) is 10.5. The van der Waals surface area contributed by atoms with E-state index in [0.29, 0.717) is 0 Å². The predicted octanol–water partition coefficient (Wildman–Crippen LogP) is 10.7. The summed E-state index contributed by atoms with van der Waals surface area (Å²) in [4.78, 5) is 7.00. The number of pyridine rings is 1. The number of benzene rings is 6. The van der Waals surface area contributed by atoms with Crippen molar-refractivity contribution in [2.45, 2.75) is 0 Å². The van der Waals surface area contributed by atoms with E-state index >= 15 is 0 Å². The normalized spacial score (nSPS) is 11.9. The van der Waals surface area contributed by atoms with Gasteiger partial charge in [-0.25, -0.2) is 0 Å². The first-order valence-electron chi connectivity index (χ1n) is 14.0. The SMILES string of the molecule is c1ccc(-c2cc(-c3ccccc3)cc(N3c4ccncc4-c4cc(-c5ccccc5)cc5cccc3c45)c2)cc1. The molecule has 0 spiro atoms. The van der Waals surface area contributed by atoms with Gasteiger partial charge in [-0.2, -0.15) is 0 Å². The van der Waals surface area contributed by atoms with Gasteiger partial charge in [-0.1, -0.05) is 103 Å². The molecule has 1 aliphatic heterocycles. The highest BCUT2D eigenvalue weighted by molar-refractivity contribution is 6.15. The van der Waals surface area contributed by atoms with E-state index in [1.807, 2.05) is 12.4 Å². The molecule has 192 valence electrons. The Hall–Kier alpha value is -5.47. The molecular formula is C39H26N2. The minimum Gasteiger partial charge on any atom is -0.309 e. The van der Waals surface area contributed by atoms with E-state index in [1.54, 1.807) is 0 Å². The van der Waals surface area contributed by atoms with Crippen molar-refractivity contribution in [1.29, 1.82) is 0 Å². The van der Waals surface area contributed by atoms with Crippen LogP contribution >= 0.6 is 0 Å². The molecule has 2 heterocycles. The Labute approximate surface area is 239 Å². The third kappa shape index (κ3) is 4.00. The Morgan fingerprint density at radius 3 is 1.61 bits per heavy atom. The summed E-state index contributed by atoms with van der Waals surface area (Å²) >= 11 is 0. The van der Waals surface area contributed by atoms with Gasteiger partial charge in [0.25, 0.3) is 0 Å². The molecule has 0 atom stereocenters. The fraction of sp³-hybridized carbons (Fsp3) is 0. The first-order valence-corrected chi connectivity index (χ1v) is 14.0. The van der Waals surface area contributed by atoms with Crippen molar-refractivity contribution < 1.29 is 0 Å². The van der Waals surface area contributed by atoms with Crippen molar-refractivity contribution in [1.82, 2.24) is 4.98 Å². The number of nitrogens with zero attached hydrogens (tertiary/aromatic N) is 2.